The van der Waals surface area contributed by atoms with Crippen LogP contribution in [0.15, 0.2) is 0 Å². The Hall–Kier alpha value is -0.0800. The quantitative estimate of drug-likeness (QED) is 0.678. The summed E-state index contributed by atoms with van der Waals surface area (Å²) in [5, 5.41) is 15.8. The minimum absolute atomic E-state index is 0.319. The fraction of sp³-hybridized carbons (Fsp3) is 1.00. The molecule has 0 atom stereocenters. The summed E-state index contributed by atoms with van der Waals surface area (Å²) in [5.41, 5.74) is 0. The van der Waals surface area contributed by atoms with Crippen LogP contribution in [0, 0.1) is 0 Å². The first-order valence-electron chi connectivity index (χ1n) is 5.05. The van der Waals surface area contributed by atoms with Gasteiger partial charge in [0.15, 0.2) is 0 Å². The van der Waals surface area contributed by atoms with Gasteiger partial charge in [-0.1, -0.05) is 39.5 Å². The SMILES string of the molecule is C1CCC1.CCCO.CCCO. The first kappa shape index (κ1) is 14.4. The number of hydrogen-bond acceptors (Lipinski definition) is 2. The second kappa shape index (κ2) is 17.1. The van der Waals surface area contributed by atoms with Crippen molar-refractivity contribution >= 4 is 0 Å². The number of rotatable bonds is 2. The van der Waals surface area contributed by atoms with Crippen molar-refractivity contribution in [2.45, 2.75) is 52.4 Å². The second-order valence-corrected chi connectivity index (χ2v) is 2.86. The topological polar surface area (TPSA) is 40.5 Å². The van der Waals surface area contributed by atoms with E-state index in [1.807, 2.05) is 13.8 Å². The van der Waals surface area contributed by atoms with Crippen molar-refractivity contribution in [3.05, 3.63) is 0 Å². The highest BCUT2D eigenvalue weighted by Gasteiger charge is 1.95. The predicted octanol–water partition coefficient (Wildman–Crippen LogP) is 2.34. The highest BCUT2D eigenvalue weighted by molar-refractivity contribution is 4.50. The summed E-state index contributed by atoms with van der Waals surface area (Å²) >= 11 is 0. The zero-order valence-corrected chi connectivity index (χ0v) is 8.55. The molecule has 0 aromatic heterocycles. The number of aliphatic hydroxyl groups excluding tert-OH is 2. The molecule has 12 heavy (non-hydrogen) atoms. The van der Waals surface area contributed by atoms with Gasteiger partial charge in [0.1, 0.15) is 0 Å². The summed E-state index contributed by atoms with van der Waals surface area (Å²) < 4.78 is 0. The van der Waals surface area contributed by atoms with Gasteiger partial charge in [0, 0.05) is 13.2 Å². The van der Waals surface area contributed by atoms with Crippen LogP contribution < -0.4 is 0 Å². The molecule has 1 aliphatic rings. The molecule has 0 aromatic carbocycles. The van der Waals surface area contributed by atoms with Crippen molar-refractivity contribution in [1.82, 2.24) is 0 Å². The van der Waals surface area contributed by atoms with E-state index in [2.05, 4.69) is 0 Å². The molecule has 0 aromatic rings. The zero-order valence-electron chi connectivity index (χ0n) is 8.55. The molecule has 0 radical (unpaired) electrons. The van der Waals surface area contributed by atoms with Gasteiger partial charge in [-0.25, -0.2) is 0 Å². The van der Waals surface area contributed by atoms with Crippen molar-refractivity contribution < 1.29 is 10.2 Å². The normalized spacial score (nSPS) is 13.0. The number of hydrogen-bond donors (Lipinski definition) is 2. The van der Waals surface area contributed by atoms with Gasteiger partial charge in [0.25, 0.3) is 0 Å². The lowest BCUT2D eigenvalue weighted by molar-refractivity contribution is 0.294. The molecule has 0 heterocycles. The molecule has 1 saturated carbocycles. The van der Waals surface area contributed by atoms with Crippen LogP contribution in [0.5, 0.6) is 0 Å². The molecule has 1 fully saturated rings. The van der Waals surface area contributed by atoms with Gasteiger partial charge in [0.2, 0.25) is 0 Å². The third-order valence-electron chi connectivity index (χ3n) is 1.45. The van der Waals surface area contributed by atoms with Crippen LogP contribution in [0.4, 0.5) is 0 Å². The van der Waals surface area contributed by atoms with E-state index in [9.17, 15) is 0 Å². The van der Waals surface area contributed by atoms with Gasteiger partial charge in [-0.05, 0) is 12.8 Å². The Morgan fingerprint density at radius 3 is 0.917 bits per heavy atom. The summed E-state index contributed by atoms with van der Waals surface area (Å²) in [7, 11) is 0. The van der Waals surface area contributed by atoms with Crippen LogP contribution in [0.2, 0.25) is 0 Å². The summed E-state index contributed by atoms with van der Waals surface area (Å²) in [6, 6.07) is 0. The Morgan fingerprint density at radius 2 is 0.917 bits per heavy atom. The molecule has 0 spiro atoms. The molecule has 0 bridgehead atoms. The smallest absolute Gasteiger partial charge is 0.0428 e. The molecule has 76 valence electrons. The molecule has 0 aliphatic heterocycles. The third kappa shape index (κ3) is 22.5. The third-order valence-corrected chi connectivity index (χ3v) is 1.45. The standard InChI is InChI=1S/C4H8.2C3H8O/c1-2-4-3-1;2*1-2-3-4/h1-4H2;2*4H,2-3H2,1H3. The van der Waals surface area contributed by atoms with Gasteiger partial charge in [-0.2, -0.15) is 0 Å². The van der Waals surface area contributed by atoms with E-state index in [1.165, 1.54) is 25.7 Å². The fourth-order valence-corrected chi connectivity index (χ4v) is 0.250. The average Bonchev–Trinajstić information content (AvgIpc) is 2.01. The van der Waals surface area contributed by atoms with E-state index >= 15 is 0 Å². The molecule has 2 heteroatoms. The van der Waals surface area contributed by atoms with Gasteiger partial charge >= 0.3 is 0 Å². The number of aliphatic hydroxyl groups is 2. The van der Waals surface area contributed by atoms with E-state index in [0.717, 1.165) is 12.8 Å². The first-order chi connectivity index (χ1) is 5.83. The van der Waals surface area contributed by atoms with E-state index in [-0.39, 0.29) is 0 Å². The highest BCUT2D eigenvalue weighted by atomic mass is 16.3. The van der Waals surface area contributed by atoms with Crippen molar-refractivity contribution in [3.8, 4) is 0 Å². The maximum absolute atomic E-state index is 7.88. The van der Waals surface area contributed by atoms with Crippen LogP contribution in [0.1, 0.15) is 52.4 Å². The van der Waals surface area contributed by atoms with Gasteiger partial charge in [-0.15, -0.1) is 0 Å². The van der Waals surface area contributed by atoms with E-state index in [0.29, 0.717) is 13.2 Å². The fourth-order valence-electron chi connectivity index (χ4n) is 0.250. The predicted molar refractivity (Wildman–Crippen MR) is 53.2 cm³/mol. The lowest BCUT2D eigenvalue weighted by Crippen LogP contribution is -1.85. The van der Waals surface area contributed by atoms with Gasteiger partial charge in [-0.3, -0.25) is 0 Å². The molecule has 0 unspecified atom stereocenters. The zero-order chi connectivity index (χ0) is 9.66. The van der Waals surface area contributed by atoms with E-state index in [4.69, 9.17) is 10.2 Å². The van der Waals surface area contributed by atoms with Gasteiger partial charge < -0.3 is 10.2 Å². The Balaban J connectivity index is 0. The van der Waals surface area contributed by atoms with Crippen molar-refractivity contribution in [2.75, 3.05) is 13.2 Å². The second-order valence-electron chi connectivity index (χ2n) is 2.86. The van der Waals surface area contributed by atoms with Crippen LogP contribution in [-0.4, -0.2) is 23.4 Å². The molecule has 0 saturated heterocycles. The summed E-state index contributed by atoms with van der Waals surface area (Å²) in [4.78, 5) is 0. The van der Waals surface area contributed by atoms with Crippen LogP contribution >= 0.6 is 0 Å². The molecule has 1 rings (SSSR count). The molecular formula is C10H24O2. The van der Waals surface area contributed by atoms with Crippen molar-refractivity contribution in [3.63, 3.8) is 0 Å². The largest absolute Gasteiger partial charge is 0.396 e. The lowest BCUT2D eigenvalue weighted by atomic mass is 10.0. The van der Waals surface area contributed by atoms with Gasteiger partial charge in [0.05, 0.1) is 0 Å². The molecule has 1 aliphatic carbocycles. The highest BCUT2D eigenvalue weighted by Crippen LogP contribution is 2.15. The molecule has 2 nitrogen and oxygen atoms in total. The Kier molecular flexibility index (Phi) is 20.6. The maximum atomic E-state index is 7.88. The summed E-state index contributed by atoms with van der Waals surface area (Å²) in [6.07, 6.45) is 7.75. The minimum atomic E-state index is 0.319. The summed E-state index contributed by atoms with van der Waals surface area (Å²) in [6.45, 7) is 4.50. The average molecular weight is 176 g/mol. The first-order valence-corrected chi connectivity index (χ1v) is 5.05. The minimum Gasteiger partial charge on any atom is -0.396 e. The van der Waals surface area contributed by atoms with E-state index in [1.54, 1.807) is 0 Å². The summed E-state index contributed by atoms with van der Waals surface area (Å²) in [5.74, 6) is 0. The van der Waals surface area contributed by atoms with Crippen LogP contribution in [0.3, 0.4) is 0 Å². The monoisotopic (exact) mass is 176 g/mol. The maximum Gasteiger partial charge on any atom is 0.0428 e. The Morgan fingerprint density at radius 1 is 0.750 bits per heavy atom. The Labute approximate surface area is 76.6 Å². The van der Waals surface area contributed by atoms with Crippen molar-refractivity contribution in [2.24, 2.45) is 0 Å². The molecule has 2 N–H and O–H groups in total. The molecular weight excluding hydrogens is 152 g/mol. The van der Waals surface area contributed by atoms with Crippen LogP contribution in [0.25, 0.3) is 0 Å². The van der Waals surface area contributed by atoms with E-state index < -0.39 is 0 Å². The molecule has 0 amide bonds. The lowest BCUT2D eigenvalue weighted by Gasteiger charge is -2.05. The Bertz CT molecular complexity index is 39.8. The van der Waals surface area contributed by atoms with Crippen LogP contribution in [-0.2, 0) is 0 Å². The van der Waals surface area contributed by atoms with Crippen molar-refractivity contribution in [1.29, 1.82) is 0 Å².